The van der Waals surface area contributed by atoms with Gasteiger partial charge in [0.15, 0.2) is 0 Å². The summed E-state index contributed by atoms with van der Waals surface area (Å²) in [4.78, 5) is 2.73. The molecule has 0 amide bonds. The lowest BCUT2D eigenvalue weighted by Crippen LogP contribution is -2.28. The number of nitrogens with one attached hydrogen (secondary N) is 2. The molecule has 1 aromatic rings. The first-order chi connectivity index (χ1) is 10.0. The monoisotopic (exact) mass is 314 g/mol. The number of aromatic nitrogens is 1. The molecule has 1 aliphatic rings. The molecule has 1 aliphatic heterocycles. The normalized spacial score (nSPS) is 16.7. The van der Waals surface area contributed by atoms with Crippen molar-refractivity contribution >= 4 is 10.0 Å². The molecule has 1 aromatic heterocycles. The third kappa shape index (κ3) is 4.54. The zero-order chi connectivity index (χ0) is 15.3. The molecule has 0 aromatic carbocycles. The number of hydrogen-bond donors (Lipinski definition) is 2. The van der Waals surface area contributed by atoms with Crippen molar-refractivity contribution in [2.45, 2.75) is 30.7 Å². The molecule has 2 rings (SSSR count). The molecule has 0 unspecified atom stereocenters. The highest BCUT2D eigenvalue weighted by Gasteiger charge is 2.17. The molecule has 0 radical (unpaired) electrons. The van der Waals surface area contributed by atoms with E-state index >= 15 is 0 Å². The Morgan fingerprint density at radius 3 is 2.67 bits per heavy atom. The lowest BCUT2D eigenvalue weighted by Gasteiger charge is -2.14. The van der Waals surface area contributed by atoms with Crippen molar-refractivity contribution in [2.24, 2.45) is 7.05 Å². The van der Waals surface area contributed by atoms with E-state index in [-0.39, 0.29) is 0 Å². The number of sulfonamides is 1. The maximum absolute atomic E-state index is 12.2. The Labute approximate surface area is 127 Å². The van der Waals surface area contributed by atoms with E-state index in [0.29, 0.717) is 18.0 Å². The first kappa shape index (κ1) is 16.5. The van der Waals surface area contributed by atoms with Gasteiger partial charge in [-0.05, 0) is 52.0 Å². The van der Waals surface area contributed by atoms with Gasteiger partial charge in [-0.2, -0.15) is 0 Å². The number of rotatable bonds is 8. The minimum absolute atomic E-state index is 0.344. The smallest absolute Gasteiger partial charge is 0.242 e. The number of nitrogens with zero attached hydrogens (tertiary/aromatic N) is 2. The van der Waals surface area contributed by atoms with E-state index in [2.05, 4.69) is 14.9 Å². The average molecular weight is 314 g/mol. The van der Waals surface area contributed by atoms with E-state index in [4.69, 9.17) is 0 Å². The Balaban J connectivity index is 1.84. The molecule has 2 N–H and O–H groups in total. The van der Waals surface area contributed by atoms with Gasteiger partial charge in [-0.25, -0.2) is 13.1 Å². The second kappa shape index (κ2) is 7.40. The van der Waals surface area contributed by atoms with Crippen molar-refractivity contribution in [3.8, 4) is 0 Å². The lowest BCUT2D eigenvalue weighted by atomic mass is 10.4. The maximum Gasteiger partial charge on any atom is 0.242 e. The number of hydrogen-bond acceptors (Lipinski definition) is 4. The zero-order valence-electron chi connectivity index (χ0n) is 12.9. The topological polar surface area (TPSA) is 66.4 Å². The third-order valence-corrected chi connectivity index (χ3v) is 5.32. The molecular formula is C14H26N4O2S. The van der Waals surface area contributed by atoms with Crippen molar-refractivity contribution in [2.75, 3.05) is 33.2 Å². The predicted molar refractivity (Wildman–Crippen MR) is 83.7 cm³/mol. The zero-order valence-corrected chi connectivity index (χ0v) is 13.7. The van der Waals surface area contributed by atoms with Crippen molar-refractivity contribution in [1.82, 2.24) is 19.5 Å². The van der Waals surface area contributed by atoms with Gasteiger partial charge in [0.1, 0.15) is 0 Å². The van der Waals surface area contributed by atoms with Crippen LogP contribution in [0.3, 0.4) is 0 Å². The fraction of sp³-hybridized carbons (Fsp3) is 0.714. The maximum atomic E-state index is 12.2. The van der Waals surface area contributed by atoms with Crippen LogP contribution in [-0.4, -0.2) is 51.1 Å². The van der Waals surface area contributed by atoms with Gasteiger partial charge in [-0.15, -0.1) is 0 Å². The minimum Gasteiger partial charge on any atom is -0.352 e. The Morgan fingerprint density at radius 2 is 2.00 bits per heavy atom. The minimum atomic E-state index is -3.39. The largest absolute Gasteiger partial charge is 0.352 e. The Morgan fingerprint density at radius 1 is 1.29 bits per heavy atom. The van der Waals surface area contributed by atoms with Gasteiger partial charge in [0.05, 0.1) is 4.90 Å². The van der Waals surface area contributed by atoms with Gasteiger partial charge >= 0.3 is 0 Å². The molecule has 0 spiro atoms. The van der Waals surface area contributed by atoms with Gasteiger partial charge in [0.2, 0.25) is 10.0 Å². The number of likely N-dealkylation sites (tertiary alicyclic amines) is 1. The Kier molecular flexibility index (Phi) is 5.80. The van der Waals surface area contributed by atoms with E-state index in [0.717, 1.165) is 31.7 Å². The van der Waals surface area contributed by atoms with Crippen LogP contribution in [0.25, 0.3) is 0 Å². The van der Waals surface area contributed by atoms with Crippen LogP contribution in [0, 0.1) is 0 Å². The van der Waals surface area contributed by atoms with E-state index in [1.54, 1.807) is 12.3 Å². The second-order valence-corrected chi connectivity index (χ2v) is 7.38. The highest BCUT2D eigenvalue weighted by molar-refractivity contribution is 7.89. The molecular weight excluding hydrogens is 288 g/mol. The van der Waals surface area contributed by atoms with E-state index in [1.807, 2.05) is 18.7 Å². The van der Waals surface area contributed by atoms with Gasteiger partial charge in [0, 0.05) is 32.0 Å². The van der Waals surface area contributed by atoms with Crippen LogP contribution in [0.1, 0.15) is 25.0 Å². The Bertz CT molecular complexity index is 547. The molecule has 0 bridgehead atoms. The van der Waals surface area contributed by atoms with Crippen molar-refractivity contribution in [3.05, 3.63) is 18.0 Å². The molecule has 6 nitrogen and oxygen atoms in total. The molecule has 1 fully saturated rings. The lowest BCUT2D eigenvalue weighted by molar-refractivity contribution is 0.334. The highest BCUT2D eigenvalue weighted by atomic mass is 32.2. The van der Waals surface area contributed by atoms with Crippen LogP contribution in [0.2, 0.25) is 0 Å². The quantitative estimate of drug-likeness (QED) is 0.686. The molecule has 0 atom stereocenters. The van der Waals surface area contributed by atoms with Crippen LogP contribution < -0.4 is 10.0 Å². The molecule has 120 valence electrons. The van der Waals surface area contributed by atoms with Crippen LogP contribution >= 0.6 is 0 Å². The van der Waals surface area contributed by atoms with Crippen LogP contribution in [0.15, 0.2) is 17.2 Å². The summed E-state index contributed by atoms with van der Waals surface area (Å²) in [5.74, 6) is 0. The van der Waals surface area contributed by atoms with Crippen molar-refractivity contribution < 1.29 is 8.42 Å². The van der Waals surface area contributed by atoms with Gasteiger partial charge in [-0.3, -0.25) is 0 Å². The van der Waals surface area contributed by atoms with Crippen molar-refractivity contribution in [1.29, 1.82) is 0 Å². The van der Waals surface area contributed by atoms with Crippen LogP contribution in [-0.2, 0) is 23.6 Å². The Hall–Kier alpha value is -0.890. The SMILES string of the molecule is CNCc1cc(S(=O)(=O)NCCCN2CCCC2)cn1C. The molecule has 2 heterocycles. The van der Waals surface area contributed by atoms with E-state index in [1.165, 1.54) is 12.8 Å². The van der Waals surface area contributed by atoms with E-state index < -0.39 is 10.0 Å². The molecule has 1 saturated heterocycles. The fourth-order valence-corrected chi connectivity index (χ4v) is 3.85. The summed E-state index contributed by atoms with van der Waals surface area (Å²) in [6, 6.07) is 1.72. The first-order valence-corrected chi connectivity index (χ1v) is 9.03. The summed E-state index contributed by atoms with van der Waals surface area (Å²) < 4.78 is 29.0. The van der Waals surface area contributed by atoms with Crippen LogP contribution in [0.4, 0.5) is 0 Å². The third-order valence-electron chi connectivity index (χ3n) is 3.89. The summed E-state index contributed by atoms with van der Waals surface area (Å²) in [7, 11) is 0.312. The predicted octanol–water partition coefficient (Wildman–Crippen LogP) is 0.509. The summed E-state index contributed by atoms with van der Waals surface area (Å²) in [6.45, 7) is 4.43. The fourth-order valence-electron chi connectivity index (χ4n) is 2.68. The number of aryl methyl sites for hydroxylation is 1. The summed E-state index contributed by atoms with van der Waals surface area (Å²) in [6.07, 6.45) is 5.05. The first-order valence-electron chi connectivity index (χ1n) is 7.55. The van der Waals surface area contributed by atoms with Gasteiger partial charge < -0.3 is 14.8 Å². The molecule has 0 aliphatic carbocycles. The summed E-state index contributed by atoms with van der Waals surface area (Å²) >= 11 is 0. The standard InChI is InChI=1S/C14H26N4O2S/c1-15-11-13-10-14(12-17(13)2)21(19,20)16-6-5-9-18-7-3-4-8-18/h10,12,15-16H,3-9,11H2,1-2H3. The van der Waals surface area contributed by atoms with Crippen molar-refractivity contribution in [3.63, 3.8) is 0 Å². The molecule has 7 heteroatoms. The van der Waals surface area contributed by atoms with E-state index in [9.17, 15) is 8.42 Å². The average Bonchev–Trinajstić information content (AvgIpc) is 3.06. The van der Waals surface area contributed by atoms with Gasteiger partial charge in [-0.1, -0.05) is 0 Å². The highest BCUT2D eigenvalue weighted by Crippen LogP contribution is 2.13. The summed E-state index contributed by atoms with van der Waals surface area (Å²) in [5.41, 5.74) is 0.954. The second-order valence-electron chi connectivity index (χ2n) is 5.61. The van der Waals surface area contributed by atoms with Crippen LogP contribution in [0.5, 0.6) is 0 Å². The molecule has 21 heavy (non-hydrogen) atoms. The molecule has 0 saturated carbocycles. The van der Waals surface area contributed by atoms with Gasteiger partial charge in [0.25, 0.3) is 0 Å². The summed E-state index contributed by atoms with van der Waals surface area (Å²) in [5, 5.41) is 3.03.